The Morgan fingerprint density at radius 1 is 0.536 bits per heavy atom. The zero-order valence-corrected chi connectivity index (χ0v) is 17.4. The fourth-order valence-corrected chi connectivity index (χ4v) is 3.40. The summed E-state index contributed by atoms with van der Waals surface area (Å²) in [7, 11) is 0. The molecule has 0 fully saturated rings. The summed E-state index contributed by atoms with van der Waals surface area (Å²) in [5.74, 6) is -1.57. The van der Waals surface area contributed by atoms with Gasteiger partial charge >= 0.3 is 0 Å². The van der Waals surface area contributed by atoms with Crippen molar-refractivity contribution >= 4 is 11.7 Å². The Morgan fingerprint density at radius 2 is 0.893 bits per heavy atom. The third-order valence-corrected chi connectivity index (χ3v) is 5.25. The number of rotatable bonds is 12. The average molecular weight is 385 g/mol. The van der Waals surface area contributed by atoms with Crippen molar-refractivity contribution in [3.05, 3.63) is 70.8 Å². The van der Waals surface area contributed by atoms with Crippen molar-refractivity contribution in [2.24, 2.45) is 0 Å². The Bertz CT molecular complexity index is 711. The van der Waals surface area contributed by atoms with Crippen LogP contribution in [0.4, 0.5) is 8.78 Å². The maximum Gasteiger partial charge on any atom is 0.166 e. The molecule has 0 bridgehead atoms. The van der Waals surface area contributed by atoms with Crippen LogP contribution < -0.4 is 0 Å². The highest BCUT2D eigenvalue weighted by Gasteiger charge is 2.11. The van der Waals surface area contributed by atoms with E-state index in [1.165, 1.54) is 49.7 Å². The molecular weight excluding hydrogens is 350 g/mol. The van der Waals surface area contributed by atoms with E-state index < -0.39 is 11.7 Å². The van der Waals surface area contributed by atoms with Gasteiger partial charge in [-0.25, -0.2) is 8.78 Å². The standard InChI is InChI=1S/C26H34F2/c1-3-5-7-8-10-12-22-15-19-24(20-16-22)26(28)25(27)23-17-13-21(14-18-23)11-9-6-4-2/h13-20H,3-12H2,1-2H3. The molecule has 0 unspecified atom stereocenters. The Labute approximate surface area is 169 Å². The van der Waals surface area contributed by atoms with E-state index in [4.69, 9.17) is 0 Å². The molecule has 2 heteroatoms. The van der Waals surface area contributed by atoms with Crippen LogP contribution in [0.25, 0.3) is 11.7 Å². The van der Waals surface area contributed by atoms with Gasteiger partial charge in [0.25, 0.3) is 0 Å². The molecule has 2 aromatic carbocycles. The fraction of sp³-hybridized carbons (Fsp3) is 0.462. The SMILES string of the molecule is CCCCCCCc1ccc(C(F)=C(F)c2ccc(CCCCC)cc2)cc1. The van der Waals surface area contributed by atoms with Gasteiger partial charge in [0, 0.05) is 11.1 Å². The van der Waals surface area contributed by atoms with E-state index in [2.05, 4.69) is 13.8 Å². The van der Waals surface area contributed by atoms with Crippen molar-refractivity contribution in [3.63, 3.8) is 0 Å². The number of hydrogen-bond acceptors (Lipinski definition) is 0. The van der Waals surface area contributed by atoms with Gasteiger partial charge < -0.3 is 0 Å². The third kappa shape index (κ3) is 7.22. The first-order valence-electron chi connectivity index (χ1n) is 10.9. The van der Waals surface area contributed by atoms with Crippen molar-refractivity contribution in [2.75, 3.05) is 0 Å². The van der Waals surface area contributed by atoms with Gasteiger partial charge in [-0.05, 0) is 36.8 Å². The summed E-state index contributed by atoms with van der Waals surface area (Å²) in [4.78, 5) is 0. The van der Waals surface area contributed by atoms with Crippen LogP contribution in [0.3, 0.4) is 0 Å². The molecule has 0 saturated heterocycles. The first-order chi connectivity index (χ1) is 13.7. The quantitative estimate of drug-likeness (QED) is 0.253. The second-order valence-corrected chi connectivity index (χ2v) is 7.64. The van der Waals surface area contributed by atoms with E-state index in [0.29, 0.717) is 11.1 Å². The predicted octanol–water partition coefficient (Wildman–Crippen LogP) is 8.70. The number of hydrogen-bond donors (Lipinski definition) is 0. The molecule has 0 amide bonds. The van der Waals surface area contributed by atoms with Crippen molar-refractivity contribution in [1.82, 2.24) is 0 Å². The first-order valence-corrected chi connectivity index (χ1v) is 10.9. The summed E-state index contributed by atoms with van der Waals surface area (Å²) in [6, 6.07) is 14.4. The molecule has 0 aromatic heterocycles. The van der Waals surface area contributed by atoms with Crippen molar-refractivity contribution in [3.8, 4) is 0 Å². The molecule has 0 radical (unpaired) electrons. The van der Waals surface area contributed by atoms with Crippen LogP contribution in [0, 0.1) is 0 Å². The normalized spacial score (nSPS) is 12.1. The van der Waals surface area contributed by atoms with Crippen LogP contribution in [0.2, 0.25) is 0 Å². The molecular formula is C26H34F2. The summed E-state index contributed by atoms with van der Waals surface area (Å²) in [5.41, 5.74) is 2.97. The smallest absolute Gasteiger partial charge is 0.166 e. The maximum atomic E-state index is 14.6. The second-order valence-electron chi connectivity index (χ2n) is 7.64. The van der Waals surface area contributed by atoms with Gasteiger partial charge in [-0.2, -0.15) is 0 Å². The van der Waals surface area contributed by atoms with Crippen LogP contribution in [-0.2, 0) is 12.8 Å². The zero-order chi connectivity index (χ0) is 20.2. The maximum absolute atomic E-state index is 14.6. The molecule has 0 aliphatic carbocycles. The Hall–Kier alpha value is -1.96. The molecule has 0 spiro atoms. The van der Waals surface area contributed by atoms with Gasteiger partial charge in [-0.15, -0.1) is 0 Å². The molecule has 2 rings (SSSR count). The molecule has 0 saturated carbocycles. The zero-order valence-electron chi connectivity index (χ0n) is 17.4. The third-order valence-electron chi connectivity index (χ3n) is 5.25. The van der Waals surface area contributed by atoms with Gasteiger partial charge in [0.1, 0.15) is 0 Å². The minimum absolute atomic E-state index is 0.303. The summed E-state index contributed by atoms with van der Waals surface area (Å²) >= 11 is 0. The van der Waals surface area contributed by atoms with Crippen LogP contribution in [-0.4, -0.2) is 0 Å². The topological polar surface area (TPSA) is 0 Å². The van der Waals surface area contributed by atoms with E-state index in [-0.39, 0.29) is 0 Å². The fourth-order valence-electron chi connectivity index (χ4n) is 3.40. The van der Waals surface area contributed by atoms with Gasteiger partial charge in [-0.1, -0.05) is 101 Å². The van der Waals surface area contributed by atoms with Gasteiger partial charge in [-0.3, -0.25) is 0 Å². The second kappa shape index (κ2) is 12.5. The van der Waals surface area contributed by atoms with Crippen LogP contribution in [0.5, 0.6) is 0 Å². The van der Waals surface area contributed by atoms with E-state index in [1.54, 1.807) is 24.3 Å². The van der Waals surface area contributed by atoms with E-state index in [1.807, 2.05) is 24.3 Å². The van der Waals surface area contributed by atoms with Crippen molar-refractivity contribution in [1.29, 1.82) is 0 Å². The van der Waals surface area contributed by atoms with E-state index >= 15 is 0 Å². The Morgan fingerprint density at radius 3 is 1.32 bits per heavy atom. The van der Waals surface area contributed by atoms with Gasteiger partial charge in [0.15, 0.2) is 11.7 Å². The average Bonchev–Trinajstić information content (AvgIpc) is 2.74. The molecule has 0 aliphatic rings. The van der Waals surface area contributed by atoms with E-state index in [9.17, 15) is 8.78 Å². The van der Waals surface area contributed by atoms with Gasteiger partial charge in [0.05, 0.1) is 0 Å². The summed E-state index contributed by atoms with van der Waals surface area (Å²) < 4.78 is 29.2. The van der Waals surface area contributed by atoms with Crippen molar-refractivity contribution in [2.45, 2.75) is 78.1 Å². The lowest BCUT2D eigenvalue weighted by atomic mass is 10.0. The highest BCUT2D eigenvalue weighted by molar-refractivity contribution is 5.83. The lowest BCUT2D eigenvalue weighted by molar-refractivity contribution is 0.632. The minimum Gasteiger partial charge on any atom is -0.203 e. The molecule has 0 aliphatic heterocycles. The lowest BCUT2D eigenvalue weighted by Gasteiger charge is -2.06. The monoisotopic (exact) mass is 384 g/mol. The summed E-state index contributed by atoms with van der Waals surface area (Å²) in [6.07, 6.45) is 11.7. The Balaban J connectivity index is 1.96. The van der Waals surface area contributed by atoms with Crippen LogP contribution >= 0.6 is 0 Å². The predicted molar refractivity (Wildman–Crippen MR) is 118 cm³/mol. The highest BCUT2D eigenvalue weighted by atomic mass is 19.2. The first kappa shape index (κ1) is 22.3. The number of aryl methyl sites for hydroxylation is 2. The number of unbranched alkanes of at least 4 members (excludes halogenated alkanes) is 6. The number of halogens is 2. The van der Waals surface area contributed by atoms with E-state index in [0.717, 1.165) is 25.7 Å². The Kier molecular flexibility index (Phi) is 9.96. The number of benzene rings is 2. The molecule has 152 valence electrons. The summed E-state index contributed by atoms with van der Waals surface area (Å²) in [6.45, 7) is 4.38. The van der Waals surface area contributed by atoms with Gasteiger partial charge in [0.2, 0.25) is 0 Å². The van der Waals surface area contributed by atoms with Crippen LogP contribution in [0.15, 0.2) is 48.5 Å². The molecule has 0 nitrogen and oxygen atoms in total. The molecule has 0 N–H and O–H groups in total. The van der Waals surface area contributed by atoms with Crippen LogP contribution in [0.1, 0.15) is 87.5 Å². The van der Waals surface area contributed by atoms with Crippen molar-refractivity contribution < 1.29 is 8.78 Å². The molecule has 28 heavy (non-hydrogen) atoms. The minimum atomic E-state index is -0.785. The molecule has 0 atom stereocenters. The lowest BCUT2D eigenvalue weighted by Crippen LogP contribution is -1.90. The molecule has 2 aromatic rings. The largest absolute Gasteiger partial charge is 0.203 e. The summed E-state index contributed by atoms with van der Waals surface area (Å²) in [5, 5.41) is 0. The molecule has 0 heterocycles. The highest BCUT2D eigenvalue weighted by Crippen LogP contribution is 2.29.